The number of amides is 1. The number of carboxylic acids is 1. The minimum absolute atomic E-state index is 0.00713. The number of fused-ring (bicyclic) bond motifs is 2. The maximum Gasteiger partial charge on any atom is 0.433 e. The molecule has 3 fully saturated rings. The van der Waals surface area contributed by atoms with Crippen LogP contribution in [0.2, 0.25) is 10.0 Å². The van der Waals surface area contributed by atoms with E-state index in [-0.39, 0.29) is 47.2 Å². The maximum atomic E-state index is 14.5. The third kappa shape index (κ3) is 5.22. The van der Waals surface area contributed by atoms with Gasteiger partial charge in [-0.15, -0.1) is 0 Å². The van der Waals surface area contributed by atoms with Gasteiger partial charge in [-0.25, -0.2) is 0 Å². The normalized spacial score (nSPS) is 28.1. The molecule has 0 unspecified atom stereocenters. The van der Waals surface area contributed by atoms with Crippen molar-refractivity contribution in [3.63, 3.8) is 0 Å². The first kappa shape index (κ1) is 28.9. The average molecular weight is 601 g/mol. The number of hydrogen-bond acceptors (Lipinski definition) is 5. The van der Waals surface area contributed by atoms with Gasteiger partial charge in [0, 0.05) is 18.4 Å². The second-order valence-electron chi connectivity index (χ2n) is 11.5. The number of aromatic nitrogens is 3. The number of hydrogen-bond donors (Lipinski definition) is 1. The SMILES string of the molecule is CC1(C(=O)O)CCC(n2ncc(C(=O)N(CC(=O)c3c(Cl)cncc3Cl)[C@@H]3C[C@H]4CC[C@H]3C4)c2C(F)(F)F)CC1. The van der Waals surface area contributed by atoms with Crippen molar-refractivity contribution in [2.75, 3.05) is 6.54 Å². The quantitative estimate of drug-likeness (QED) is 0.373. The zero-order valence-corrected chi connectivity index (χ0v) is 23.3. The van der Waals surface area contributed by atoms with Gasteiger partial charge in [0.2, 0.25) is 0 Å². The number of halogens is 5. The van der Waals surface area contributed by atoms with Gasteiger partial charge >= 0.3 is 12.1 Å². The van der Waals surface area contributed by atoms with Crippen LogP contribution in [0.5, 0.6) is 0 Å². The molecule has 1 N–H and O–H groups in total. The smallest absolute Gasteiger partial charge is 0.433 e. The molecule has 0 spiro atoms. The number of pyridine rings is 1. The Hall–Kier alpha value is -2.66. The molecule has 5 rings (SSSR count). The van der Waals surface area contributed by atoms with Crippen molar-refractivity contribution in [1.29, 1.82) is 0 Å². The van der Waals surface area contributed by atoms with E-state index in [0.717, 1.165) is 30.1 Å². The van der Waals surface area contributed by atoms with E-state index in [4.69, 9.17) is 23.2 Å². The van der Waals surface area contributed by atoms with Crippen LogP contribution in [0.25, 0.3) is 0 Å². The lowest BCUT2D eigenvalue weighted by Gasteiger charge is -2.35. The molecule has 2 aromatic heterocycles. The number of aliphatic carboxylic acids is 1. The lowest BCUT2D eigenvalue weighted by molar-refractivity contribution is -0.152. The maximum absolute atomic E-state index is 14.5. The van der Waals surface area contributed by atoms with Crippen LogP contribution in [-0.2, 0) is 11.0 Å². The van der Waals surface area contributed by atoms with Crippen LogP contribution in [0, 0.1) is 17.3 Å². The van der Waals surface area contributed by atoms with Crippen LogP contribution in [0.3, 0.4) is 0 Å². The van der Waals surface area contributed by atoms with Crippen molar-refractivity contribution in [3.8, 4) is 0 Å². The highest BCUT2D eigenvalue weighted by Crippen LogP contribution is 2.48. The summed E-state index contributed by atoms with van der Waals surface area (Å²) in [6.45, 7) is 1.10. The first-order chi connectivity index (χ1) is 18.8. The van der Waals surface area contributed by atoms with Crippen molar-refractivity contribution in [1.82, 2.24) is 19.7 Å². The standard InChI is InChI=1S/C27H29Cl2F3N4O4/c1-26(25(39)40)6-4-16(5-7-26)36-23(27(30,31)32)17(10-34-36)24(38)35(20-9-14-2-3-15(20)8-14)13-21(37)22-18(28)11-33-12-19(22)29/h10-12,14-16,20H,2-9,13H2,1H3,(H,39,40)/t14-,15-,16?,20+,26?/m0/s1. The molecule has 0 aliphatic heterocycles. The molecule has 3 aliphatic rings. The van der Waals surface area contributed by atoms with Crippen LogP contribution >= 0.6 is 23.2 Å². The second kappa shape index (κ2) is 10.6. The summed E-state index contributed by atoms with van der Waals surface area (Å²) in [5.74, 6) is -2.06. The van der Waals surface area contributed by atoms with Gasteiger partial charge in [0.05, 0.1) is 45.4 Å². The molecule has 2 heterocycles. The Morgan fingerprint density at radius 1 is 1.07 bits per heavy atom. The first-order valence-corrected chi connectivity index (χ1v) is 14.1. The van der Waals surface area contributed by atoms with Gasteiger partial charge in [0.1, 0.15) is 0 Å². The van der Waals surface area contributed by atoms with Crippen molar-refractivity contribution in [3.05, 3.63) is 45.5 Å². The first-order valence-electron chi connectivity index (χ1n) is 13.3. The predicted molar refractivity (Wildman–Crippen MR) is 139 cm³/mol. The summed E-state index contributed by atoms with van der Waals surface area (Å²) in [5, 5.41) is 13.5. The molecule has 2 bridgehead atoms. The van der Waals surface area contributed by atoms with E-state index in [1.165, 1.54) is 17.3 Å². The third-order valence-electron chi connectivity index (χ3n) is 9.02. The summed E-state index contributed by atoms with van der Waals surface area (Å²) in [7, 11) is 0. The third-order valence-corrected chi connectivity index (χ3v) is 9.60. The number of ketones is 1. The molecular weight excluding hydrogens is 572 g/mol. The van der Waals surface area contributed by atoms with E-state index < -0.39 is 59.1 Å². The Kier molecular flexibility index (Phi) is 7.67. The summed E-state index contributed by atoms with van der Waals surface area (Å²) >= 11 is 12.3. The van der Waals surface area contributed by atoms with Crippen molar-refractivity contribution < 1.29 is 32.7 Å². The Morgan fingerprint density at radius 3 is 2.25 bits per heavy atom. The molecule has 0 radical (unpaired) electrons. The summed E-state index contributed by atoms with van der Waals surface area (Å²) in [6, 6.07) is -1.11. The summed E-state index contributed by atoms with van der Waals surface area (Å²) in [4.78, 5) is 44.0. The highest BCUT2D eigenvalue weighted by atomic mass is 35.5. The predicted octanol–water partition coefficient (Wildman–Crippen LogP) is 6.32. The lowest BCUT2D eigenvalue weighted by Crippen LogP contribution is -2.46. The molecule has 216 valence electrons. The molecule has 2 aromatic rings. The fourth-order valence-corrected chi connectivity index (χ4v) is 7.35. The zero-order valence-electron chi connectivity index (χ0n) is 21.8. The van der Waals surface area contributed by atoms with Crippen LogP contribution in [-0.4, -0.2) is 55.0 Å². The van der Waals surface area contributed by atoms with E-state index in [1.54, 1.807) is 6.92 Å². The number of Topliss-reactive ketones (excluding diaryl/α,β-unsaturated/α-hetero) is 1. The summed E-state index contributed by atoms with van der Waals surface area (Å²) in [5.41, 5.74) is -2.85. The minimum Gasteiger partial charge on any atom is -0.481 e. The van der Waals surface area contributed by atoms with Gasteiger partial charge in [-0.2, -0.15) is 18.3 Å². The summed E-state index contributed by atoms with van der Waals surface area (Å²) < 4.78 is 44.4. The topological polar surface area (TPSA) is 105 Å². The molecule has 8 nitrogen and oxygen atoms in total. The Labute approximate surface area is 238 Å². The molecule has 3 aliphatic carbocycles. The number of carbonyl (C=O) groups excluding carboxylic acids is 2. The van der Waals surface area contributed by atoms with E-state index >= 15 is 0 Å². The molecule has 1 amide bonds. The highest BCUT2D eigenvalue weighted by molar-refractivity contribution is 6.39. The average Bonchev–Trinajstić information content (AvgIpc) is 3.63. The van der Waals surface area contributed by atoms with Crippen LogP contribution in [0.1, 0.15) is 90.7 Å². The number of alkyl halides is 3. The fraction of sp³-hybridized carbons (Fsp3) is 0.593. The van der Waals surface area contributed by atoms with Gasteiger partial charge < -0.3 is 10.0 Å². The van der Waals surface area contributed by atoms with Crippen LogP contribution in [0.15, 0.2) is 18.6 Å². The van der Waals surface area contributed by atoms with Crippen LogP contribution in [0.4, 0.5) is 13.2 Å². The molecule has 40 heavy (non-hydrogen) atoms. The molecule has 3 saturated carbocycles. The largest absolute Gasteiger partial charge is 0.481 e. The second-order valence-corrected chi connectivity index (χ2v) is 12.3. The molecule has 0 aromatic carbocycles. The van der Waals surface area contributed by atoms with Gasteiger partial charge in [0.25, 0.3) is 5.91 Å². The Balaban J connectivity index is 1.49. The summed E-state index contributed by atoms with van der Waals surface area (Å²) in [6.07, 6.45) is 2.52. The van der Waals surface area contributed by atoms with Crippen molar-refractivity contribution in [2.45, 2.75) is 76.6 Å². The molecule has 13 heteroatoms. The number of carboxylic acid groups (broad SMARTS) is 1. The van der Waals surface area contributed by atoms with E-state index in [0.29, 0.717) is 12.3 Å². The van der Waals surface area contributed by atoms with Crippen molar-refractivity contribution >= 4 is 40.9 Å². The van der Waals surface area contributed by atoms with E-state index in [2.05, 4.69) is 10.1 Å². The monoisotopic (exact) mass is 600 g/mol. The molecule has 0 saturated heterocycles. The number of rotatable bonds is 7. The molecular formula is C27H29Cl2F3N4O4. The minimum atomic E-state index is -4.91. The van der Waals surface area contributed by atoms with E-state index in [1.807, 2.05) is 0 Å². The van der Waals surface area contributed by atoms with Gasteiger partial charge in [0.15, 0.2) is 11.5 Å². The molecule has 3 atom stereocenters. The van der Waals surface area contributed by atoms with Gasteiger partial charge in [-0.1, -0.05) is 29.6 Å². The number of nitrogens with zero attached hydrogens (tertiary/aromatic N) is 4. The van der Waals surface area contributed by atoms with Gasteiger partial charge in [-0.3, -0.25) is 24.0 Å². The van der Waals surface area contributed by atoms with Crippen molar-refractivity contribution in [2.24, 2.45) is 17.3 Å². The van der Waals surface area contributed by atoms with Crippen LogP contribution < -0.4 is 0 Å². The van der Waals surface area contributed by atoms with E-state index in [9.17, 15) is 32.7 Å². The Bertz CT molecular complexity index is 1320. The Morgan fingerprint density at radius 2 is 1.73 bits per heavy atom. The van der Waals surface area contributed by atoms with Gasteiger partial charge in [-0.05, 0) is 63.7 Å². The number of carbonyl (C=O) groups is 3. The lowest BCUT2D eigenvalue weighted by atomic mass is 9.74. The zero-order chi connectivity index (χ0) is 29.0. The fourth-order valence-electron chi connectivity index (χ4n) is 6.78. The highest BCUT2D eigenvalue weighted by Gasteiger charge is 2.48.